The lowest BCUT2D eigenvalue weighted by Gasteiger charge is -2.39. The molecule has 0 bridgehead atoms. The first-order valence-electron chi connectivity index (χ1n) is 8.14. The van der Waals surface area contributed by atoms with Crippen LogP contribution in [-0.4, -0.2) is 53.5 Å². The topological polar surface area (TPSA) is 66.6 Å². The van der Waals surface area contributed by atoms with Gasteiger partial charge in [0.25, 0.3) is 0 Å². The normalized spacial score (nSPS) is 21.6. The summed E-state index contributed by atoms with van der Waals surface area (Å²) in [7, 11) is 1.10. The zero-order valence-corrected chi connectivity index (χ0v) is 15.2. The van der Waals surface area contributed by atoms with E-state index in [0.717, 1.165) is 14.0 Å². The molecule has 3 unspecified atom stereocenters. The molecule has 2 amide bonds. The van der Waals surface area contributed by atoms with E-state index in [4.69, 9.17) is 17.3 Å². The Morgan fingerprint density at radius 1 is 1.38 bits per heavy atom. The van der Waals surface area contributed by atoms with Crippen LogP contribution in [0.15, 0.2) is 24.3 Å². The molecule has 1 saturated heterocycles. The molecule has 0 saturated carbocycles. The Kier molecular flexibility index (Phi) is 6.18. The Labute approximate surface area is 154 Å². The molecule has 2 rings (SSSR count). The van der Waals surface area contributed by atoms with E-state index >= 15 is 0 Å². The van der Waals surface area contributed by atoms with Crippen LogP contribution in [0.2, 0.25) is 5.02 Å². The van der Waals surface area contributed by atoms with Crippen molar-refractivity contribution in [2.24, 2.45) is 5.73 Å². The molecule has 2 N–H and O–H groups in total. The van der Waals surface area contributed by atoms with E-state index in [1.807, 2.05) is 0 Å². The average molecular weight is 392 g/mol. The van der Waals surface area contributed by atoms with Crippen molar-refractivity contribution >= 4 is 23.4 Å². The lowest BCUT2D eigenvalue weighted by atomic mass is 10.0. The third kappa shape index (κ3) is 4.12. The number of benzene rings is 1. The van der Waals surface area contributed by atoms with Gasteiger partial charge in [-0.3, -0.25) is 9.59 Å². The quantitative estimate of drug-likeness (QED) is 0.858. The first-order chi connectivity index (χ1) is 12.1. The van der Waals surface area contributed by atoms with E-state index < -0.39 is 42.7 Å². The minimum Gasteiger partial charge on any atom is -0.332 e. The SMILES string of the molecule is CC(=O)N(C)C(C1CCC(c2cccc(Cl)c2)N1C(=O)CN)C(F)(F)F. The van der Waals surface area contributed by atoms with Gasteiger partial charge in [0.15, 0.2) is 0 Å². The highest BCUT2D eigenvalue weighted by molar-refractivity contribution is 6.30. The number of likely N-dealkylation sites (N-methyl/N-ethyl adjacent to an activating group) is 1. The van der Waals surface area contributed by atoms with Gasteiger partial charge in [0.05, 0.1) is 18.6 Å². The molecule has 144 valence electrons. The van der Waals surface area contributed by atoms with Crippen LogP contribution in [0.4, 0.5) is 13.2 Å². The van der Waals surface area contributed by atoms with Crippen LogP contribution in [0.5, 0.6) is 0 Å². The molecule has 5 nitrogen and oxygen atoms in total. The fraction of sp³-hybridized carbons (Fsp3) is 0.529. The molecule has 1 heterocycles. The first kappa shape index (κ1) is 20.5. The van der Waals surface area contributed by atoms with Gasteiger partial charge in [-0.05, 0) is 30.5 Å². The zero-order valence-electron chi connectivity index (χ0n) is 14.5. The molecule has 0 aliphatic carbocycles. The molecule has 1 aromatic carbocycles. The van der Waals surface area contributed by atoms with Crippen LogP contribution in [-0.2, 0) is 9.59 Å². The van der Waals surface area contributed by atoms with Crippen LogP contribution in [0.25, 0.3) is 0 Å². The molecule has 3 atom stereocenters. The predicted octanol–water partition coefficient (Wildman–Crippen LogP) is 2.74. The molecular weight excluding hydrogens is 371 g/mol. The minimum atomic E-state index is -4.68. The standard InChI is InChI=1S/C17H21ClF3N3O2/c1-10(25)23(2)16(17(19,20)21)14-7-6-13(24(14)15(26)9-22)11-4-3-5-12(18)8-11/h3-5,8,13-14,16H,6-7,9,22H2,1-2H3. The van der Waals surface area contributed by atoms with Crippen molar-refractivity contribution < 1.29 is 22.8 Å². The highest BCUT2D eigenvalue weighted by atomic mass is 35.5. The van der Waals surface area contributed by atoms with Crippen molar-refractivity contribution in [1.29, 1.82) is 0 Å². The predicted molar refractivity (Wildman–Crippen MR) is 91.4 cm³/mol. The van der Waals surface area contributed by atoms with E-state index in [-0.39, 0.29) is 6.42 Å². The fourth-order valence-corrected chi connectivity index (χ4v) is 3.74. The van der Waals surface area contributed by atoms with Gasteiger partial charge < -0.3 is 15.5 Å². The monoisotopic (exact) mass is 391 g/mol. The Bertz CT molecular complexity index is 683. The average Bonchev–Trinajstić information content (AvgIpc) is 2.97. The molecule has 1 aliphatic rings. The lowest BCUT2D eigenvalue weighted by Crippen LogP contribution is -2.58. The van der Waals surface area contributed by atoms with Gasteiger partial charge in [0.2, 0.25) is 11.8 Å². The van der Waals surface area contributed by atoms with Gasteiger partial charge >= 0.3 is 6.18 Å². The number of nitrogens with zero attached hydrogens (tertiary/aromatic N) is 2. The fourth-order valence-electron chi connectivity index (χ4n) is 3.54. The number of alkyl halides is 3. The maximum atomic E-state index is 13.7. The van der Waals surface area contributed by atoms with Crippen LogP contribution in [0.3, 0.4) is 0 Å². The molecule has 1 aliphatic heterocycles. The zero-order chi connectivity index (χ0) is 19.6. The molecule has 0 aromatic heterocycles. The third-order valence-electron chi connectivity index (χ3n) is 4.74. The van der Waals surface area contributed by atoms with E-state index in [9.17, 15) is 22.8 Å². The summed E-state index contributed by atoms with van der Waals surface area (Å²) in [5, 5.41) is 0.430. The summed E-state index contributed by atoms with van der Waals surface area (Å²) in [6.07, 6.45) is -4.25. The Morgan fingerprint density at radius 2 is 2.04 bits per heavy atom. The third-order valence-corrected chi connectivity index (χ3v) is 4.97. The van der Waals surface area contributed by atoms with Gasteiger partial charge in [-0.2, -0.15) is 13.2 Å². The second-order valence-electron chi connectivity index (χ2n) is 6.34. The maximum Gasteiger partial charge on any atom is 0.410 e. The summed E-state index contributed by atoms with van der Waals surface area (Å²) in [5.74, 6) is -1.32. The van der Waals surface area contributed by atoms with Crippen molar-refractivity contribution in [2.45, 2.75) is 44.1 Å². The summed E-state index contributed by atoms with van der Waals surface area (Å²) < 4.78 is 41.2. The smallest absolute Gasteiger partial charge is 0.332 e. The molecule has 0 spiro atoms. The molecule has 1 fully saturated rings. The Morgan fingerprint density at radius 3 is 2.54 bits per heavy atom. The Hall–Kier alpha value is -1.80. The van der Waals surface area contributed by atoms with Gasteiger partial charge in [-0.25, -0.2) is 0 Å². The summed E-state index contributed by atoms with van der Waals surface area (Å²) in [6, 6.07) is 2.80. The highest BCUT2D eigenvalue weighted by Crippen LogP contribution is 2.42. The number of rotatable bonds is 4. The second-order valence-corrected chi connectivity index (χ2v) is 6.77. The van der Waals surface area contributed by atoms with Crippen molar-refractivity contribution in [1.82, 2.24) is 9.80 Å². The summed E-state index contributed by atoms with van der Waals surface area (Å²) in [5.41, 5.74) is 6.10. The highest BCUT2D eigenvalue weighted by Gasteiger charge is 2.54. The number of hydrogen-bond donors (Lipinski definition) is 1. The van der Waals surface area contributed by atoms with Crippen molar-refractivity contribution in [3.05, 3.63) is 34.9 Å². The van der Waals surface area contributed by atoms with Crippen molar-refractivity contribution in [3.8, 4) is 0 Å². The minimum absolute atomic E-state index is 0.102. The van der Waals surface area contributed by atoms with E-state index in [2.05, 4.69) is 0 Å². The summed E-state index contributed by atoms with van der Waals surface area (Å²) in [4.78, 5) is 25.8. The molecule has 0 radical (unpaired) electrons. The van der Waals surface area contributed by atoms with Crippen LogP contribution >= 0.6 is 11.6 Å². The number of halogens is 4. The number of carbonyl (C=O) groups is 2. The van der Waals surface area contributed by atoms with Gasteiger partial charge in [0.1, 0.15) is 6.04 Å². The number of nitrogens with two attached hydrogens (primary N) is 1. The maximum absolute atomic E-state index is 13.7. The number of carbonyl (C=O) groups excluding carboxylic acids is 2. The Balaban J connectivity index is 2.46. The van der Waals surface area contributed by atoms with Gasteiger partial charge in [-0.15, -0.1) is 0 Å². The molecular formula is C17H21ClF3N3O2. The van der Waals surface area contributed by atoms with E-state index in [1.165, 1.54) is 4.90 Å². The molecule has 26 heavy (non-hydrogen) atoms. The van der Waals surface area contributed by atoms with E-state index in [1.54, 1.807) is 24.3 Å². The van der Waals surface area contributed by atoms with E-state index in [0.29, 0.717) is 21.9 Å². The van der Waals surface area contributed by atoms with Crippen LogP contribution in [0.1, 0.15) is 31.4 Å². The van der Waals surface area contributed by atoms with Crippen molar-refractivity contribution in [3.63, 3.8) is 0 Å². The summed E-state index contributed by atoms with van der Waals surface area (Å²) >= 11 is 5.99. The number of amides is 2. The first-order valence-corrected chi connectivity index (χ1v) is 8.52. The van der Waals surface area contributed by atoms with Crippen LogP contribution in [0, 0.1) is 0 Å². The molecule has 9 heteroatoms. The van der Waals surface area contributed by atoms with Gasteiger partial charge in [-0.1, -0.05) is 23.7 Å². The molecule has 1 aromatic rings. The van der Waals surface area contributed by atoms with Crippen molar-refractivity contribution in [2.75, 3.05) is 13.6 Å². The number of likely N-dealkylation sites (tertiary alicyclic amines) is 1. The lowest BCUT2D eigenvalue weighted by molar-refractivity contribution is -0.199. The largest absolute Gasteiger partial charge is 0.410 e. The number of hydrogen-bond acceptors (Lipinski definition) is 3. The van der Waals surface area contributed by atoms with Gasteiger partial charge in [0, 0.05) is 19.0 Å². The van der Waals surface area contributed by atoms with Crippen LogP contribution < -0.4 is 5.73 Å². The summed E-state index contributed by atoms with van der Waals surface area (Å²) in [6.45, 7) is 0.652. The second kappa shape index (κ2) is 7.84.